The van der Waals surface area contributed by atoms with Crippen LogP contribution in [0.25, 0.3) is 99.7 Å². The molecule has 70 heavy (non-hydrogen) atoms. The molecule has 0 fully saturated rings. The van der Waals surface area contributed by atoms with Crippen LogP contribution >= 0.6 is 0 Å². The molecule has 0 aliphatic carbocycles. The van der Waals surface area contributed by atoms with E-state index in [0.717, 1.165) is 71.9 Å². The molecule has 0 aliphatic rings. The fourth-order valence-corrected chi connectivity index (χ4v) is 16.0. The SMILES string of the molecule is c1ccc([Si](c2ccccc2)(c2ccccc2)c2ccc(-c3cc(-c4cccc5c4oc4ccccc45)nc(-n4c5ccccc5c5cc(-n6c7ccccc7c7ccccc76)ccc54)n3)cc2)cc1. The van der Waals surface area contributed by atoms with Gasteiger partial charge in [-0.05, 0) is 75.3 Å². The first-order valence-corrected chi connectivity index (χ1v) is 25.8. The van der Waals surface area contributed by atoms with Gasteiger partial charge in [0.1, 0.15) is 11.2 Å². The summed E-state index contributed by atoms with van der Waals surface area (Å²) in [6.45, 7) is 0. The van der Waals surface area contributed by atoms with Crippen LogP contribution in [0.2, 0.25) is 0 Å². The maximum atomic E-state index is 6.68. The molecule has 4 aromatic heterocycles. The van der Waals surface area contributed by atoms with Crippen LogP contribution in [0.4, 0.5) is 0 Å². The first-order valence-electron chi connectivity index (χ1n) is 23.8. The number of benzene rings is 10. The molecule has 0 atom stereocenters. The van der Waals surface area contributed by atoms with Crippen LogP contribution in [0.3, 0.4) is 0 Å². The minimum atomic E-state index is -2.76. The number of para-hydroxylation sites is 5. The van der Waals surface area contributed by atoms with Crippen molar-refractivity contribution in [3.05, 3.63) is 255 Å². The Morgan fingerprint density at radius 3 is 1.41 bits per heavy atom. The van der Waals surface area contributed by atoms with Gasteiger partial charge in [0.25, 0.3) is 0 Å². The quantitative estimate of drug-likeness (QED) is 0.113. The third-order valence-corrected chi connectivity index (χ3v) is 19.1. The maximum absolute atomic E-state index is 6.68. The average Bonchev–Trinajstić information content (AvgIpc) is 4.10. The second-order valence-electron chi connectivity index (χ2n) is 18.1. The third kappa shape index (κ3) is 6.10. The molecular weight excluding hydrogens is 869 g/mol. The van der Waals surface area contributed by atoms with E-state index in [1.165, 1.54) is 42.6 Å². The highest BCUT2D eigenvalue weighted by Gasteiger charge is 2.41. The van der Waals surface area contributed by atoms with Crippen LogP contribution in [-0.2, 0) is 0 Å². The molecule has 6 heteroatoms. The summed E-state index contributed by atoms with van der Waals surface area (Å²) < 4.78 is 11.3. The molecule has 4 heterocycles. The molecule has 0 unspecified atom stereocenters. The highest BCUT2D eigenvalue weighted by Crippen LogP contribution is 2.39. The van der Waals surface area contributed by atoms with E-state index >= 15 is 0 Å². The van der Waals surface area contributed by atoms with Crippen LogP contribution in [0.1, 0.15) is 0 Å². The van der Waals surface area contributed by atoms with Crippen LogP contribution in [-0.4, -0.2) is 27.2 Å². The van der Waals surface area contributed by atoms with Crippen molar-refractivity contribution >= 4 is 94.4 Å². The highest BCUT2D eigenvalue weighted by molar-refractivity contribution is 7.19. The number of furan rings is 1. The molecular formula is C64H42N4OSi. The van der Waals surface area contributed by atoms with Crippen LogP contribution in [0.5, 0.6) is 0 Å². The molecule has 0 radical (unpaired) electrons. The van der Waals surface area contributed by atoms with Crippen molar-refractivity contribution in [1.29, 1.82) is 0 Å². The van der Waals surface area contributed by atoms with Gasteiger partial charge >= 0.3 is 0 Å². The summed E-state index contributed by atoms with van der Waals surface area (Å²) in [7, 11) is -2.76. The second-order valence-corrected chi connectivity index (χ2v) is 21.9. The number of aromatic nitrogens is 4. The fourth-order valence-electron chi connectivity index (χ4n) is 11.2. The number of fused-ring (bicyclic) bond motifs is 9. The summed E-state index contributed by atoms with van der Waals surface area (Å²) in [5, 5.41) is 12.1. The van der Waals surface area contributed by atoms with E-state index in [1.807, 2.05) is 12.1 Å². The first kappa shape index (κ1) is 40.0. The minimum absolute atomic E-state index is 0.585. The first-order chi connectivity index (χ1) is 34.7. The molecule has 0 spiro atoms. The smallest absolute Gasteiger partial charge is 0.235 e. The molecule has 328 valence electrons. The summed E-state index contributed by atoms with van der Waals surface area (Å²) >= 11 is 0. The topological polar surface area (TPSA) is 48.8 Å². The second kappa shape index (κ2) is 16.0. The van der Waals surface area contributed by atoms with E-state index in [9.17, 15) is 0 Å². The van der Waals surface area contributed by atoms with E-state index < -0.39 is 8.07 Å². The van der Waals surface area contributed by atoms with Crippen LogP contribution < -0.4 is 20.7 Å². The van der Waals surface area contributed by atoms with E-state index in [2.05, 4.69) is 252 Å². The standard InChI is InChI=1S/C64H42N4OSi/c1-4-19-45(20-5-1)70(46-21-6-2-7-22-46,47-23-8-3-9-24-47)48-38-35-43(36-39-48)56-42-57(54-30-18-29-53-52-28-13-17-34-62(52)69-63(53)54)66-64(65-56)68-60-33-16-12-27-51(60)55-41-44(37-40-61(55)68)67-58-31-14-10-25-49(58)50-26-11-15-32-59(50)67/h1-42H. The lowest BCUT2D eigenvalue weighted by Crippen LogP contribution is -2.74. The Morgan fingerprint density at radius 2 is 0.800 bits per heavy atom. The zero-order valence-electron chi connectivity index (χ0n) is 37.9. The molecule has 0 aliphatic heterocycles. The van der Waals surface area contributed by atoms with Gasteiger partial charge in [0.05, 0.1) is 33.5 Å². The highest BCUT2D eigenvalue weighted by atomic mass is 28.3. The van der Waals surface area contributed by atoms with Crippen molar-refractivity contribution in [3.8, 4) is 34.2 Å². The van der Waals surface area contributed by atoms with Crippen LogP contribution in [0, 0.1) is 0 Å². The molecule has 0 bridgehead atoms. The van der Waals surface area contributed by atoms with Gasteiger partial charge < -0.3 is 8.98 Å². The predicted molar refractivity (Wildman–Crippen MR) is 292 cm³/mol. The van der Waals surface area contributed by atoms with E-state index in [-0.39, 0.29) is 0 Å². The Balaban J connectivity index is 0.996. The molecule has 0 N–H and O–H groups in total. The number of rotatable bonds is 8. The van der Waals surface area contributed by atoms with Gasteiger partial charge in [-0.25, -0.2) is 9.97 Å². The van der Waals surface area contributed by atoms with Gasteiger partial charge in [-0.1, -0.05) is 200 Å². The molecule has 10 aromatic carbocycles. The van der Waals surface area contributed by atoms with Gasteiger partial charge in [-0.15, -0.1) is 0 Å². The molecule has 14 aromatic rings. The lowest BCUT2D eigenvalue weighted by Gasteiger charge is -2.34. The fraction of sp³-hybridized carbons (Fsp3) is 0. The predicted octanol–water partition coefficient (Wildman–Crippen LogP) is 13.3. The summed E-state index contributed by atoms with van der Waals surface area (Å²) in [4.78, 5) is 11.1. The van der Waals surface area contributed by atoms with Gasteiger partial charge in [0, 0.05) is 49.1 Å². The largest absolute Gasteiger partial charge is 0.455 e. The maximum Gasteiger partial charge on any atom is 0.235 e. The Labute approximate surface area is 404 Å². The lowest BCUT2D eigenvalue weighted by atomic mass is 10.0. The Morgan fingerprint density at radius 1 is 0.329 bits per heavy atom. The molecule has 0 saturated carbocycles. The Hall–Kier alpha value is -9.10. The zero-order valence-corrected chi connectivity index (χ0v) is 38.9. The Kier molecular flexibility index (Phi) is 9.15. The summed E-state index contributed by atoms with van der Waals surface area (Å²) in [6.07, 6.45) is 0. The van der Waals surface area contributed by atoms with Gasteiger partial charge in [0.15, 0.2) is 8.07 Å². The van der Waals surface area contributed by atoms with Crippen molar-refractivity contribution in [3.63, 3.8) is 0 Å². The monoisotopic (exact) mass is 910 g/mol. The number of nitrogens with zero attached hydrogens (tertiary/aromatic N) is 4. The minimum Gasteiger partial charge on any atom is -0.455 e. The van der Waals surface area contributed by atoms with E-state index in [1.54, 1.807) is 0 Å². The summed E-state index contributed by atoms with van der Waals surface area (Å²) in [5.41, 5.74) is 10.7. The number of hydrogen-bond acceptors (Lipinski definition) is 3. The van der Waals surface area contributed by atoms with Gasteiger partial charge in [0.2, 0.25) is 5.95 Å². The van der Waals surface area contributed by atoms with Crippen molar-refractivity contribution in [2.75, 3.05) is 0 Å². The van der Waals surface area contributed by atoms with Crippen molar-refractivity contribution in [2.24, 2.45) is 0 Å². The molecule has 0 saturated heterocycles. The molecule has 5 nitrogen and oxygen atoms in total. The van der Waals surface area contributed by atoms with Gasteiger partial charge in [-0.3, -0.25) is 4.57 Å². The Bertz CT molecular complexity index is 4140. The lowest BCUT2D eigenvalue weighted by molar-refractivity contribution is 0.670. The molecule has 14 rings (SSSR count). The van der Waals surface area contributed by atoms with Crippen molar-refractivity contribution in [2.45, 2.75) is 0 Å². The normalized spacial score (nSPS) is 12.0. The summed E-state index contributed by atoms with van der Waals surface area (Å²) in [6, 6.07) is 91.9. The third-order valence-electron chi connectivity index (χ3n) is 14.3. The molecule has 0 amide bonds. The van der Waals surface area contributed by atoms with Crippen molar-refractivity contribution < 1.29 is 4.42 Å². The van der Waals surface area contributed by atoms with Crippen molar-refractivity contribution in [1.82, 2.24) is 19.1 Å². The van der Waals surface area contributed by atoms with Gasteiger partial charge in [-0.2, -0.15) is 0 Å². The van der Waals surface area contributed by atoms with E-state index in [0.29, 0.717) is 5.95 Å². The average molecular weight is 911 g/mol. The summed E-state index contributed by atoms with van der Waals surface area (Å²) in [5.74, 6) is 0.585. The van der Waals surface area contributed by atoms with Crippen LogP contribution in [0.15, 0.2) is 259 Å². The number of hydrogen-bond donors (Lipinski definition) is 0. The van der Waals surface area contributed by atoms with E-state index in [4.69, 9.17) is 14.4 Å². The zero-order chi connectivity index (χ0) is 46.2.